The molecule has 0 saturated carbocycles. The van der Waals surface area contributed by atoms with Crippen molar-refractivity contribution in [2.75, 3.05) is 33.4 Å². The second-order valence-corrected chi connectivity index (χ2v) is 5.38. The minimum Gasteiger partial charge on any atom is -0.390 e. The zero-order valence-corrected chi connectivity index (χ0v) is 10.3. The van der Waals surface area contributed by atoms with Crippen molar-refractivity contribution in [1.29, 1.82) is 0 Å². The summed E-state index contributed by atoms with van der Waals surface area (Å²) in [6.45, 7) is 7.69. The van der Waals surface area contributed by atoms with Crippen molar-refractivity contribution in [3.63, 3.8) is 0 Å². The summed E-state index contributed by atoms with van der Waals surface area (Å²) in [6.07, 6.45) is 3.21. The average molecular weight is 215 g/mol. The van der Waals surface area contributed by atoms with E-state index >= 15 is 0 Å². The normalized spacial score (nSPS) is 19.8. The van der Waals surface area contributed by atoms with Crippen LogP contribution in [0.1, 0.15) is 33.1 Å². The van der Waals surface area contributed by atoms with E-state index < -0.39 is 5.60 Å². The van der Waals surface area contributed by atoms with Crippen LogP contribution >= 0.6 is 0 Å². The number of aliphatic hydroxyl groups is 1. The molecule has 0 bridgehead atoms. The molecule has 1 fully saturated rings. The summed E-state index contributed by atoms with van der Waals surface area (Å²) in [6, 6.07) is 0. The lowest BCUT2D eigenvalue weighted by Crippen LogP contribution is -2.33. The van der Waals surface area contributed by atoms with E-state index in [1.807, 2.05) is 13.8 Å². The van der Waals surface area contributed by atoms with Crippen molar-refractivity contribution in [1.82, 2.24) is 4.90 Å². The minimum atomic E-state index is -0.538. The Bertz CT molecular complexity index is 171. The van der Waals surface area contributed by atoms with Gasteiger partial charge < -0.3 is 14.7 Å². The molecule has 1 N–H and O–H groups in total. The van der Waals surface area contributed by atoms with Gasteiger partial charge >= 0.3 is 0 Å². The van der Waals surface area contributed by atoms with Crippen molar-refractivity contribution >= 4 is 0 Å². The van der Waals surface area contributed by atoms with Crippen LogP contribution in [-0.2, 0) is 4.74 Å². The number of hydrogen-bond donors (Lipinski definition) is 1. The van der Waals surface area contributed by atoms with Crippen LogP contribution in [0.2, 0.25) is 0 Å². The van der Waals surface area contributed by atoms with E-state index in [2.05, 4.69) is 11.9 Å². The molecular weight excluding hydrogens is 190 g/mol. The maximum atomic E-state index is 9.63. The van der Waals surface area contributed by atoms with Gasteiger partial charge in [0.25, 0.3) is 0 Å². The van der Waals surface area contributed by atoms with Gasteiger partial charge in [0.1, 0.15) is 0 Å². The molecule has 1 heterocycles. The molecule has 3 nitrogen and oxygen atoms in total. The number of ether oxygens (including phenoxy) is 1. The van der Waals surface area contributed by atoms with Gasteiger partial charge in [0.2, 0.25) is 0 Å². The molecule has 0 radical (unpaired) electrons. The molecule has 1 aliphatic heterocycles. The molecule has 0 aliphatic carbocycles. The zero-order chi connectivity index (χ0) is 11.3. The van der Waals surface area contributed by atoms with Crippen LogP contribution in [0.25, 0.3) is 0 Å². The molecule has 0 aromatic rings. The monoisotopic (exact) mass is 215 g/mol. The van der Waals surface area contributed by atoms with Crippen molar-refractivity contribution in [2.45, 2.75) is 38.7 Å². The molecule has 0 unspecified atom stereocenters. The Morgan fingerprint density at radius 3 is 2.47 bits per heavy atom. The number of nitrogens with zero attached hydrogens (tertiary/aromatic N) is 1. The summed E-state index contributed by atoms with van der Waals surface area (Å²) in [5.74, 6) is 0.783. The van der Waals surface area contributed by atoms with Gasteiger partial charge in [-0.2, -0.15) is 0 Å². The maximum absolute atomic E-state index is 9.63. The molecule has 0 aromatic carbocycles. The highest BCUT2D eigenvalue weighted by molar-refractivity contribution is 4.71. The van der Waals surface area contributed by atoms with Gasteiger partial charge in [-0.15, -0.1) is 0 Å². The Morgan fingerprint density at radius 2 is 1.93 bits per heavy atom. The summed E-state index contributed by atoms with van der Waals surface area (Å²) < 4.78 is 5.34. The van der Waals surface area contributed by atoms with E-state index in [1.165, 1.54) is 12.8 Å². The van der Waals surface area contributed by atoms with Crippen LogP contribution in [0, 0.1) is 5.92 Å². The van der Waals surface area contributed by atoms with E-state index in [0.29, 0.717) is 0 Å². The fourth-order valence-electron chi connectivity index (χ4n) is 1.93. The summed E-state index contributed by atoms with van der Waals surface area (Å²) in [4.78, 5) is 2.33. The lowest BCUT2D eigenvalue weighted by atomic mass is 9.99. The standard InChI is InChI=1S/C12H25NO2/c1-12(2,14)6-7-13(3)10-11-4-8-15-9-5-11/h11,14H,4-10H2,1-3H3. The van der Waals surface area contributed by atoms with Crippen molar-refractivity contribution < 1.29 is 9.84 Å². The predicted octanol–water partition coefficient (Wildman–Crippen LogP) is 1.51. The Kier molecular flexibility index (Phi) is 5.03. The Labute approximate surface area is 93.4 Å². The van der Waals surface area contributed by atoms with Gasteiger partial charge in [0, 0.05) is 26.3 Å². The highest BCUT2D eigenvalue weighted by atomic mass is 16.5. The Morgan fingerprint density at radius 1 is 1.33 bits per heavy atom. The fraction of sp³-hybridized carbons (Fsp3) is 1.00. The summed E-state index contributed by atoms with van der Waals surface area (Å²) in [5, 5.41) is 9.63. The van der Waals surface area contributed by atoms with E-state index in [9.17, 15) is 5.11 Å². The molecule has 90 valence electrons. The van der Waals surface area contributed by atoms with E-state index in [4.69, 9.17) is 4.74 Å². The van der Waals surface area contributed by atoms with Crippen LogP contribution in [0.3, 0.4) is 0 Å². The molecule has 0 amide bonds. The Balaban J connectivity index is 2.14. The van der Waals surface area contributed by atoms with Crippen LogP contribution in [0.4, 0.5) is 0 Å². The first-order chi connectivity index (χ1) is 6.97. The van der Waals surface area contributed by atoms with Crippen molar-refractivity contribution in [3.05, 3.63) is 0 Å². The van der Waals surface area contributed by atoms with Gasteiger partial charge in [-0.05, 0) is 46.1 Å². The molecule has 0 spiro atoms. The van der Waals surface area contributed by atoms with Gasteiger partial charge in [-0.1, -0.05) is 0 Å². The first kappa shape index (κ1) is 12.9. The minimum absolute atomic E-state index is 0.538. The van der Waals surface area contributed by atoms with Gasteiger partial charge in [-0.3, -0.25) is 0 Å². The van der Waals surface area contributed by atoms with Crippen LogP contribution in [0.15, 0.2) is 0 Å². The predicted molar refractivity (Wildman–Crippen MR) is 62.0 cm³/mol. The third-order valence-corrected chi connectivity index (χ3v) is 3.02. The SMILES string of the molecule is CN(CCC(C)(C)O)CC1CCOCC1. The molecule has 0 aromatic heterocycles. The first-order valence-electron chi connectivity index (χ1n) is 5.96. The van der Waals surface area contributed by atoms with E-state index in [0.717, 1.165) is 38.6 Å². The molecule has 0 atom stereocenters. The molecule has 15 heavy (non-hydrogen) atoms. The fourth-order valence-corrected chi connectivity index (χ4v) is 1.93. The third-order valence-electron chi connectivity index (χ3n) is 3.02. The summed E-state index contributed by atoms with van der Waals surface area (Å²) in [7, 11) is 2.14. The van der Waals surface area contributed by atoms with Gasteiger partial charge in [0.05, 0.1) is 5.60 Å². The molecule has 3 heteroatoms. The largest absolute Gasteiger partial charge is 0.390 e. The van der Waals surface area contributed by atoms with Crippen molar-refractivity contribution in [2.24, 2.45) is 5.92 Å². The topological polar surface area (TPSA) is 32.7 Å². The molecule has 1 saturated heterocycles. The average Bonchev–Trinajstić information content (AvgIpc) is 2.15. The lowest BCUT2D eigenvalue weighted by molar-refractivity contribution is 0.0420. The smallest absolute Gasteiger partial charge is 0.0603 e. The second kappa shape index (κ2) is 5.83. The van der Waals surface area contributed by atoms with Crippen molar-refractivity contribution in [3.8, 4) is 0 Å². The summed E-state index contributed by atoms with van der Waals surface area (Å²) in [5.41, 5.74) is -0.538. The van der Waals surface area contributed by atoms with Crippen LogP contribution in [0.5, 0.6) is 0 Å². The lowest BCUT2D eigenvalue weighted by Gasteiger charge is -2.28. The highest BCUT2D eigenvalue weighted by Crippen LogP contribution is 2.16. The zero-order valence-electron chi connectivity index (χ0n) is 10.3. The third kappa shape index (κ3) is 6.13. The first-order valence-corrected chi connectivity index (χ1v) is 5.96. The second-order valence-electron chi connectivity index (χ2n) is 5.38. The molecule has 1 aliphatic rings. The quantitative estimate of drug-likeness (QED) is 0.754. The van der Waals surface area contributed by atoms with E-state index in [1.54, 1.807) is 0 Å². The molecule has 1 rings (SSSR count). The number of hydrogen-bond acceptors (Lipinski definition) is 3. The van der Waals surface area contributed by atoms with Gasteiger partial charge in [0.15, 0.2) is 0 Å². The van der Waals surface area contributed by atoms with Gasteiger partial charge in [-0.25, -0.2) is 0 Å². The maximum Gasteiger partial charge on any atom is 0.0603 e. The van der Waals surface area contributed by atoms with Crippen LogP contribution in [-0.4, -0.2) is 49.0 Å². The highest BCUT2D eigenvalue weighted by Gasteiger charge is 2.17. The molecular formula is C12H25NO2. The van der Waals surface area contributed by atoms with E-state index in [-0.39, 0.29) is 0 Å². The van der Waals surface area contributed by atoms with Crippen LogP contribution < -0.4 is 0 Å². The Hall–Kier alpha value is -0.120. The summed E-state index contributed by atoms with van der Waals surface area (Å²) >= 11 is 0. The number of rotatable bonds is 5.